The van der Waals surface area contributed by atoms with E-state index < -0.39 is 27.1 Å². The lowest BCUT2D eigenvalue weighted by atomic mass is 9.89. The van der Waals surface area contributed by atoms with E-state index in [0.717, 1.165) is 0 Å². The molecule has 27 heavy (non-hydrogen) atoms. The highest BCUT2D eigenvalue weighted by atomic mass is 35.5. The molecule has 0 aromatic heterocycles. The van der Waals surface area contributed by atoms with Crippen molar-refractivity contribution in [1.82, 2.24) is 0 Å². The molecule has 0 unspecified atom stereocenters. The number of methoxy groups -OCH3 is 1. The largest absolute Gasteiger partial charge is 0.506 e. The zero-order chi connectivity index (χ0) is 19.6. The number of benzene rings is 1. The molecule has 7 nitrogen and oxygen atoms in total. The van der Waals surface area contributed by atoms with Gasteiger partial charge in [-0.2, -0.15) is 4.36 Å². The fourth-order valence-corrected chi connectivity index (χ4v) is 5.03. The smallest absolute Gasteiger partial charge is 0.170 e. The summed E-state index contributed by atoms with van der Waals surface area (Å²) in [5.74, 6) is -0.483. The zero-order valence-corrected chi connectivity index (χ0v) is 16.4. The number of carbonyl (C=O) groups excluding carboxylic acids is 2. The molecule has 0 atom stereocenters. The van der Waals surface area contributed by atoms with Crippen LogP contribution in [0, 0.1) is 0 Å². The summed E-state index contributed by atoms with van der Waals surface area (Å²) in [5.41, 5.74) is -0.0224. The number of Topliss-reactive ketones (excluding diaryl/α,β-unsaturated/α-hetero) is 2. The van der Waals surface area contributed by atoms with Crippen LogP contribution in [0.15, 0.2) is 22.1 Å². The second-order valence-corrected chi connectivity index (χ2v) is 9.21. The molecular formula is C18H20ClNO6S. The van der Waals surface area contributed by atoms with Crippen LogP contribution in [-0.2, 0) is 24.1 Å². The molecule has 9 heteroatoms. The number of aliphatic hydroxyl groups excluding tert-OH is 1. The molecular weight excluding hydrogens is 394 g/mol. The summed E-state index contributed by atoms with van der Waals surface area (Å²) in [5, 5.41) is 10.6. The van der Waals surface area contributed by atoms with Gasteiger partial charge in [0, 0.05) is 18.4 Å². The molecule has 1 aromatic rings. The lowest BCUT2D eigenvalue weighted by molar-refractivity contribution is -0.123. The van der Waals surface area contributed by atoms with E-state index in [1.807, 2.05) is 0 Å². The van der Waals surface area contributed by atoms with Gasteiger partial charge < -0.3 is 14.6 Å². The number of carbonyl (C=O) groups is 2. The van der Waals surface area contributed by atoms with Crippen molar-refractivity contribution in [3.63, 3.8) is 0 Å². The van der Waals surface area contributed by atoms with Crippen molar-refractivity contribution >= 4 is 44.3 Å². The second kappa shape index (κ2) is 8.00. The van der Waals surface area contributed by atoms with Gasteiger partial charge >= 0.3 is 0 Å². The topological polar surface area (TPSA) is 102 Å². The summed E-state index contributed by atoms with van der Waals surface area (Å²) >= 11 is 6.44. The predicted octanol–water partition coefficient (Wildman–Crippen LogP) is 3.07. The van der Waals surface area contributed by atoms with E-state index in [9.17, 15) is 18.9 Å². The number of allylic oxidation sites excluding steroid dienone is 1. The molecule has 0 amide bonds. The molecule has 1 saturated carbocycles. The summed E-state index contributed by atoms with van der Waals surface area (Å²) in [7, 11) is -1.16. The van der Waals surface area contributed by atoms with Crippen molar-refractivity contribution in [3.05, 3.63) is 28.3 Å². The number of nitrogens with zero attached hydrogens (tertiary/aromatic N) is 1. The van der Waals surface area contributed by atoms with Gasteiger partial charge in [0.2, 0.25) is 0 Å². The zero-order valence-electron chi connectivity index (χ0n) is 14.8. The summed E-state index contributed by atoms with van der Waals surface area (Å²) < 4.78 is 27.8. The maximum Gasteiger partial charge on any atom is 0.170 e. The number of aliphatic hydroxyl groups is 1. The van der Waals surface area contributed by atoms with Crippen molar-refractivity contribution in [2.45, 2.75) is 19.3 Å². The Balaban J connectivity index is 2.17. The maximum atomic E-state index is 12.9. The third-order valence-electron chi connectivity index (χ3n) is 4.51. The first-order valence-electron chi connectivity index (χ1n) is 8.53. The SMILES string of the molecule is COc1ccc(C(O)=C2C(=O)CCCC2=O)c(Cl)c1N=S1(=O)CCOCC1. The van der Waals surface area contributed by atoms with Gasteiger partial charge in [0.05, 0.1) is 46.6 Å². The number of ether oxygens (including phenoxy) is 2. The van der Waals surface area contributed by atoms with Crippen molar-refractivity contribution in [1.29, 1.82) is 0 Å². The minimum Gasteiger partial charge on any atom is -0.506 e. The van der Waals surface area contributed by atoms with Crippen LogP contribution in [0.3, 0.4) is 0 Å². The van der Waals surface area contributed by atoms with Crippen LogP contribution in [0.2, 0.25) is 5.02 Å². The average Bonchev–Trinajstić information content (AvgIpc) is 2.63. The van der Waals surface area contributed by atoms with E-state index in [1.165, 1.54) is 19.2 Å². The van der Waals surface area contributed by atoms with Crippen LogP contribution in [0.4, 0.5) is 5.69 Å². The molecule has 1 aliphatic heterocycles. The average molecular weight is 414 g/mol. The highest BCUT2D eigenvalue weighted by Crippen LogP contribution is 2.42. The fourth-order valence-electron chi connectivity index (χ4n) is 3.03. The number of hydrogen-bond donors (Lipinski definition) is 1. The van der Waals surface area contributed by atoms with Crippen molar-refractivity contribution < 1.29 is 28.4 Å². The normalized spacial score (nSPS) is 19.7. The molecule has 1 saturated heterocycles. The van der Waals surface area contributed by atoms with Gasteiger partial charge in [0.1, 0.15) is 22.8 Å². The van der Waals surface area contributed by atoms with Crippen LogP contribution in [-0.4, -0.2) is 52.7 Å². The van der Waals surface area contributed by atoms with Gasteiger partial charge in [0.25, 0.3) is 0 Å². The highest BCUT2D eigenvalue weighted by Gasteiger charge is 2.29. The summed E-state index contributed by atoms with van der Waals surface area (Å²) in [4.78, 5) is 24.2. The number of halogens is 1. The van der Waals surface area contributed by atoms with Gasteiger partial charge in [-0.25, -0.2) is 4.21 Å². The third kappa shape index (κ3) is 4.02. The van der Waals surface area contributed by atoms with E-state index in [2.05, 4.69) is 4.36 Å². The maximum absolute atomic E-state index is 12.9. The monoisotopic (exact) mass is 413 g/mol. The first-order chi connectivity index (χ1) is 12.9. The van der Waals surface area contributed by atoms with Crippen LogP contribution < -0.4 is 4.74 Å². The van der Waals surface area contributed by atoms with E-state index in [4.69, 9.17) is 21.1 Å². The van der Waals surface area contributed by atoms with E-state index >= 15 is 0 Å². The van der Waals surface area contributed by atoms with Crippen LogP contribution in [0.1, 0.15) is 24.8 Å². The molecule has 1 heterocycles. The molecule has 0 bridgehead atoms. The fraction of sp³-hybridized carbons (Fsp3) is 0.444. The van der Waals surface area contributed by atoms with Crippen LogP contribution in [0.25, 0.3) is 5.76 Å². The number of ketones is 2. The molecule has 146 valence electrons. The lowest BCUT2D eigenvalue weighted by Gasteiger charge is -2.18. The molecule has 0 spiro atoms. The second-order valence-electron chi connectivity index (χ2n) is 6.29. The minimum atomic E-state index is -2.58. The van der Waals surface area contributed by atoms with Crippen molar-refractivity contribution in [3.8, 4) is 5.75 Å². The Morgan fingerprint density at radius 1 is 1.22 bits per heavy atom. The van der Waals surface area contributed by atoms with E-state index in [1.54, 1.807) is 0 Å². The minimum absolute atomic E-state index is 0.0141. The standard InChI is InChI=1S/C18H20ClNO6S/c1-25-14-6-5-11(18(23)15-12(21)3-2-4-13(15)22)16(19)17(14)20-27(24)9-7-26-8-10-27/h5-6,23H,2-4,7-10H2,1H3. The first-order valence-corrected chi connectivity index (χ1v) is 10.8. The molecule has 1 aliphatic carbocycles. The Bertz CT molecular complexity index is 915. The molecule has 1 aromatic carbocycles. The van der Waals surface area contributed by atoms with Crippen molar-refractivity contribution in [2.75, 3.05) is 31.8 Å². The van der Waals surface area contributed by atoms with Gasteiger partial charge in [-0.3, -0.25) is 9.59 Å². The van der Waals surface area contributed by atoms with Gasteiger partial charge in [-0.05, 0) is 18.6 Å². The Hall–Kier alpha value is -1.90. The summed E-state index contributed by atoms with van der Waals surface area (Å²) in [6.07, 6.45) is 0.865. The number of rotatable bonds is 3. The van der Waals surface area contributed by atoms with E-state index in [-0.39, 0.29) is 51.9 Å². The van der Waals surface area contributed by atoms with Gasteiger partial charge in [-0.1, -0.05) is 11.6 Å². The molecule has 0 radical (unpaired) electrons. The van der Waals surface area contributed by atoms with Gasteiger partial charge in [0.15, 0.2) is 11.6 Å². The predicted molar refractivity (Wildman–Crippen MR) is 102 cm³/mol. The third-order valence-corrected chi connectivity index (χ3v) is 7.01. The molecule has 1 N–H and O–H groups in total. The Labute approximate surface area is 162 Å². The Kier molecular flexibility index (Phi) is 5.88. The summed E-state index contributed by atoms with van der Waals surface area (Å²) in [6.45, 7) is 0.667. The molecule has 3 rings (SSSR count). The Morgan fingerprint density at radius 3 is 2.44 bits per heavy atom. The lowest BCUT2D eigenvalue weighted by Crippen LogP contribution is -2.25. The van der Waals surface area contributed by atoms with Crippen molar-refractivity contribution in [2.24, 2.45) is 4.36 Å². The quantitative estimate of drug-likeness (QED) is 0.464. The summed E-state index contributed by atoms with van der Waals surface area (Å²) in [6, 6.07) is 2.96. The van der Waals surface area contributed by atoms with Crippen LogP contribution in [0.5, 0.6) is 5.75 Å². The number of hydrogen-bond acceptors (Lipinski definition) is 7. The Morgan fingerprint density at radius 2 is 1.85 bits per heavy atom. The van der Waals surface area contributed by atoms with E-state index in [0.29, 0.717) is 19.6 Å². The van der Waals surface area contributed by atoms with Gasteiger partial charge in [-0.15, -0.1) is 0 Å². The molecule has 2 fully saturated rings. The first kappa shape index (κ1) is 19.9. The molecule has 2 aliphatic rings. The highest BCUT2D eigenvalue weighted by molar-refractivity contribution is 7.93. The van der Waals surface area contributed by atoms with Crippen LogP contribution >= 0.6 is 11.6 Å².